The van der Waals surface area contributed by atoms with E-state index in [-0.39, 0.29) is 6.61 Å². The van der Waals surface area contributed by atoms with Gasteiger partial charge in [0.1, 0.15) is 0 Å². The van der Waals surface area contributed by atoms with Gasteiger partial charge in [0.15, 0.2) is 5.13 Å². The number of carbonyl (C=O) groups excluding carboxylic acids is 2. The molecule has 21 heavy (non-hydrogen) atoms. The van der Waals surface area contributed by atoms with Crippen molar-refractivity contribution < 1.29 is 14.7 Å². The first kappa shape index (κ1) is 15.9. The third-order valence-electron chi connectivity index (χ3n) is 3.40. The Morgan fingerprint density at radius 2 is 2.24 bits per heavy atom. The number of fused-ring (bicyclic) bond motifs is 1. The average molecular weight is 312 g/mol. The normalized spacial score (nSPS) is 16.1. The molecule has 8 heteroatoms. The van der Waals surface area contributed by atoms with E-state index in [9.17, 15) is 9.59 Å². The molecule has 0 saturated heterocycles. The van der Waals surface area contributed by atoms with Crippen LogP contribution in [0.25, 0.3) is 0 Å². The SMILES string of the molecule is CCC(CO)NC(=O)C(=O)Nc1nc2c(s1)CN(C)CC2. The lowest BCUT2D eigenvalue weighted by atomic mass is 10.2. The molecule has 0 aliphatic carbocycles. The van der Waals surface area contributed by atoms with Crippen molar-refractivity contribution in [2.45, 2.75) is 32.4 Å². The molecule has 0 bridgehead atoms. The predicted molar refractivity (Wildman–Crippen MR) is 80.1 cm³/mol. The van der Waals surface area contributed by atoms with Crippen molar-refractivity contribution in [2.75, 3.05) is 25.5 Å². The van der Waals surface area contributed by atoms with Gasteiger partial charge in [0, 0.05) is 24.4 Å². The van der Waals surface area contributed by atoms with Crippen LogP contribution in [0.5, 0.6) is 0 Å². The number of thiazole rings is 1. The number of carbonyl (C=O) groups is 2. The zero-order valence-electron chi connectivity index (χ0n) is 12.2. The lowest BCUT2D eigenvalue weighted by Gasteiger charge is -2.20. The maximum Gasteiger partial charge on any atom is 0.315 e. The number of hydrogen-bond acceptors (Lipinski definition) is 6. The molecule has 2 rings (SSSR count). The van der Waals surface area contributed by atoms with Crippen LogP contribution in [-0.4, -0.2) is 53.0 Å². The third-order valence-corrected chi connectivity index (χ3v) is 4.40. The van der Waals surface area contributed by atoms with Gasteiger partial charge < -0.3 is 15.3 Å². The Morgan fingerprint density at radius 1 is 1.48 bits per heavy atom. The molecule has 0 spiro atoms. The predicted octanol–water partition coefficient (Wildman–Crippen LogP) is -0.0434. The molecule has 0 fully saturated rings. The molecular formula is C13H20N4O3S. The third kappa shape index (κ3) is 3.99. The van der Waals surface area contributed by atoms with Gasteiger partial charge in [0.2, 0.25) is 0 Å². The van der Waals surface area contributed by atoms with E-state index in [4.69, 9.17) is 5.11 Å². The molecule has 1 unspecified atom stereocenters. The summed E-state index contributed by atoms with van der Waals surface area (Å²) in [6.07, 6.45) is 1.42. The van der Waals surface area contributed by atoms with E-state index in [1.165, 1.54) is 11.3 Å². The van der Waals surface area contributed by atoms with Crippen molar-refractivity contribution in [3.05, 3.63) is 10.6 Å². The van der Waals surface area contributed by atoms with Crippen molar-refractivity contribution in [2.24, 2.45) is 0 Å². The molecule has 0 aromatic carbocycles. The van der Waals surface area contributed by atoms with Crippen molar-refractivity contribution in [1.29, 1.82) is 0 Å². The van der Waals surface area contributed by atoms with Crippen LogP contribution in [0, 0.1) is 0 Å². The number of likely N-dealkylation sites (N-methyl/N-ethyl adjacent to an activating group) is 1. The van der Waals surface area contributed by atoms with E-state index < -0.39 is 17.9 Å². The number of amides is 2. The molecule has 7 nitrogen and oxygen atoms in total. The second-order valence-electron chi connectivity index (χ2n) is 5.09. The van der Waals surface area contributed by atoms with E-state index >= 15 is 0 Å². The maximum atomic E-state index is 11.8. The Bertz CT molecular complexity index is 527. The molecule has 116 valence electrons. The van der Waals surface area contributed by atoms with E-state index in [2.05, 4.69) is 20.5 Å². The summed E-state index contributed by atoms with van der Waals surface area (Å²) in [6.45, 7) is 3.40. The van der Waals surface area contributed by atoms with Crippen LogP contribution in [0.1, 0.15) is 23.9 Å². The summed E-state index contributed by atoms with van der Waals surface area (Å²) in [4.78, 5) is 31.2. The summed E-state index contributed by atoms with van der Waals surface area (Å²) in [5.74, 6) is -1.50. The minimum absolute atomic E-state index is 0.187. The van der Waals surface area contributed by atoms with Crippen LogP contribution in [0.2, 0.25) is 0 Å². The fourth-order valence-electron chi connectivity index (χ4n) is 2.06. The van der Waals surface area contributed by atoms with Gasteiger partial charge in [0.25, 0.3) is 0 Å². The van der Waals surface area contributed by atoms with Gasteiger partial charge in [-0.1, -0.05) is 6.92 Å². The Kier molecular flexibility index (Phi) is 5.27. The highest BCUT2D eigenvalue weighted by Gasteiger charge is 2.22. The second kappa shape index (κ2) is 6.97. The van der Waals surface area contributed by atoms with Gasteiger partial charge in [-0.25, -0.2) is 4.98 Å². The Morgan fingerprint density at radius 3 is 2.90 bits per heavy atom. The number of nitrogens with zero attached hydrogens (tertiary/aromatic N) is 2. The fraction of sp³-hybridized carbons (Fsp3) is 0.615. The van der Waals surface area contributed by atoms with Crippen LogP contribution < -0.4 is 10.6 Å². The molecule has 0 radical (unpaired) electrons. The fourth-order valence-corrected chi connectivity index (χ4v) is 3.14. The van der Waals surface area contributed by atoms with Crippen LogP contribution >= 0.6 is 11.3 Å². The summed E-state index contributed by atoms with van der Waals surface area (Å²) in [6, 6.07) is -0.401. The molecular weight excluding hydrogens is 292 g/mol. The molecule has 3 N–H and O–H groups in total. The number of aliphatic hydroxyl groups excluding tert-OH is 1. The van der Waals surface area contributed by atoms with Crippen LogP contribution in [0.3, 0.4) is 0 Å². The Balaban J connectivity index is 1.95. The second-order valence-corrected chi connectivity index (χ2v) is 6.18. The van der Waals surface area contributed by atoms with Crippen molar-refractivity contribution in [3.63, 3.8) is 0 Å². The van der Waals surface area contributed by atoms with Crippen LogP contribution in [0.15, 0.2) is 0 Å². The van der Waals surface area contributed by atoms with Gasteiger partial charge in [-0.3, -0.25) is 14.9 Å². The summed E-state index contributed by atoms with van der Waals surface area (Å²) in [5, 5.41) is 14.5. The first-order valence-corrected chi connectivity index (χ1v) is 7.75. The van der Waals surface area contributed by atoms with Gasteiger partial charge in [0.05, 0.1) is 18.3 Å². The molecule has 1 aliphatic rings. The summed E-state index contributed by atoms with van der Waals surface area (Å²) in [7, 11) is 2.04. The molecule has 1 aromatic rings. The molecule has 1 aliphatic heterocycles. The van der Waals surface area contributed by atoms with E-state index in [0.717, 1.165) is 30.1 Å². The van der Waals surface area contributed by atoms with Crippen LogP contribution in [-0.2, 0) is 22.6 Å². The van der Waals surface area contributed by atoms with Crippen molar-refractivity contribution >= 4 is 28.3 Å². The Labute approximate surface area is 127 Å². The smallest absolute Gasteiger partial charge is 0.315 e. The average Bonchev–Trinajstić information content (AvgIpc) is 2.85. The lowest BCUT2D eigenvalue weighted by Crippen LogP contribution is -2.43. The topological polar surface area (TPSA) is 94.6 Å². The van der Waals surface area contributed by atoms with E-state index in [1.807, 2.05) is 14.0 Å². The van der Waals surface area contributed by atoms with Crippen molar-refractivity contribution in [1.82, 2.24) is 15.2 Å². The minimum atomic E-state index is -0.749. The monoisotopic (exact) mass is 312 g/mol. The van der Waals surface area contributed by atoms with Gasteiger partial charge in [-0.15, -0.1) is 11.3 Å². The highest BCUT2D eigenvalue weighted by atomic mass is 32.1. The zero-order chi connectivity index (χ0) is 15.4. The van der Waals surface area contributed by atoms with Crippen molar-refractivity contribution in [3.8, 4) is 0 Å². The summed E-state index contributed by atoms with van der Waals surface area (Å²) in [5.41, 5.74) is 0.996. The molecule has 2 heterocycles. The number of rotatable bonds is 4. The summed E-state index contributed by atoms with van der Waals surface area (Å²) >= 11 is 1.40. The largest absolute Gasteiger partial charge is 0.394 e. The lowest BCUT2D eigenvalue weighted by molar-refractivity contribution is -0.136. The number of aliphatic hydroxyl groups is 1. The number of hydrogen-bond donors (Lipinski definition) is 3. The van der Waals surface area contributed by atoms with Gasteiger partial charge in [-0.2, -0.15) is 0 Å². The van der Waals surface area contributed by atoms with Gasteiger partial charge in [-0.05, 0) is 13.5 Å². The van der Waals surface area contributed by atoms with E-state index in [0.29, 0.717) is 11.6 Å². The first-order chi connectivity index (χ1) is 10.0. The zero-order valence-corrected chi connectivity index (χ0v) is 13.0. The molecule has 0 saturated carbocycles. The highest BCUT2D eigenvalue weighted by Crippen LogP contribution is 2.27. The molecule has 1 atom stereocenters. The maximum absolute atomic E-state index is 11.8. The number of anilines is 1. The molecule has 1 aromatic heterocycles. The van der Waals surface area contributed by atoms with Crippen LogP contribution in [0.4, 0.5) is 5.13 Å². The standard InChI is InChI=1S/C13H20N4O3S/c1-3-8(7-18)14-11(19)12(20)16-13-15-9-4-5-17(2)6-10(9)21-13/h8,18H,3-7H2,1-2H3,(H,14,19)(H,15,16,20). The minimum Gasteiger partial charge on any atom is -0.394 e. The quantitative estimate of drug-likeness (QED) is 0.678. The molecule has 2 amide bonds. The summed E-state index contributed by atoms with van der Waals surface area (Å²) < 4.78 is 0. The number of aromatic nitrogens is 1. The Hall–Kier alpha value is -1.51. The number of nitrogens with one attached hydrogen (secondary N) is 2. The van der Waals surface area contributed by atoms with E-state index in [1.54, 1.807) is 0 Å². The first-order valence-electron chi connectivity index (χ1n) is 6.93. The van der Waals surface area contributed by atoms with Gasteiger partial charge >= 0.3 is 11.8 Å². The highest BCUT2D eigenvalue weighted by molar-refractivity contribution is 7.16.